The zero-order chi connectivity index (χ0) is 9.84. The molecule has 0 bridgehead atoms. The first-order chi connectivity index (χ1) is 6.16. The molecule has 68 valence electrons. The van der Waals surface area contributed by atoms with Crippen molar-refractivity contribution in [1.82, 2.24) is 15.5 Å². The second-order valence-corrected chi connectivity index (χ2v) is 3.19. The van der Waals surface area contributed by atoms with Gasteiger partial charge in [-0.3, -0.25) is 9.89 Å². The predicted octanol–water partition coefficient (Wildman–Crippen LogP) is 0.844. The summed E-state index contributed by atoms with van der Waals surface area (Å²) in [5.41, 5.74) is 1.14. The van der Waals surface area contributed by atoms with E-state index in [2.05, 4.69) is 37.4 Å². The highest BCUT2D eigenvalue weighted by molar-refractivity contribution is 9.10. The highest BCUT2D eigenvalue weighted by Gasteiger charge is 2.14. The van der Waals surface area contributed by atoms with Crippen LogP contribution in [0.25, 0.3) is 0 Å². The van der Waals surface area contributed by atoms with Crippen LogP contribution in [0.1, 0.15) is 16.2 Å². The molecular weight excluding hydrogens is 234 g/mol. The number of halogens is 1. The molecule has 1 aromatic rings. The Kier molecular flexibility index (Phi) is 3.09. The number of nitrogens with one attached hydrogen (secondary N) is 2. The molecule has 1 heterocycles. The molecule has 1 rings (SSSR count). The molecule has 0 saturated heterocycles. The number of aromatic amines is 1. The lowest BCUT2D eigenvalue weighted by Gasteiger charge is -1.96. The number of terminal acetylenes is 1. The normalized spacial score (nSPS) is 9.31. The number of nitrogens with zero attached hydrogens (tertiary/aromatic N) is 1. The van der Waals surface area contributed by atoms with E-state index in [4.69, 9.17) is 6.42 Å². The van der Waals surface area contributed by atoms with E-state index in [0.29, 0.717) is 10.2 Å². The Balaban J connectivity index is 2.78. The fourth-order valence-electron chi connectivity index (χ4n) is 0.781. The van der Waals surface area contributed by atoms with Crippen LogP contribution in [0.2, 0.25) is 0 Å². The molecule has 4 nitrogen and oxygen atoms in total. The largest absolute Gasteiger partial charge is 0.340 e. The minimum atomic E-state index is -0.283. The lowest BCUT2D eigenvalue weighted by molar-refractivity contribution is 0.0953. The second kappa shape index (κ2) is 4.10. The van der Waals surface area contributed by atoms with Gasteiger partial charge in [-0.15, -0.1) is 6.42 Å². The van der Waals surface area contributed by atoms with Gasteiger partial charge in [0.15, 0.2) is 5.69 Å². The molecule has 0 aliphatic rings. The lowest BCUT2D eigenvalue weighted by atomic mass is 10.3. The predicted molar refractivity (Wildman–Crippen MR) is 52.2 cm³/mol. The maximum Gasteiger partial charge on any atom is 0.273 e. The van der Waals surface area contributed by atoms with Gasteiger partial charge in [-0.05, 0) is 22.9 Å². The van der Waals surface area contributed by atoms with Crippen LogP contribution in [-0.2, 0) is 0 Å². The van der Waals surface area contributed by atoms with Crippen LogP contribution in [0.3, 0.4) is 0 Å². The van der Waals surface area contributed by atoms with Crippen LogP contribution in [0.5, 0.6) is 0 Å². The van der Waals surface area contributed by atoms with Gasteiger partial charge in [-0.1, -0.05) is 5.92 Å². The molecule has 5 heteroatoms. The number of aryl methyl sites for hydroxylation is 1. The number of H-pyrrole nitrogens is 1. The van der Waals surface area contributed by atoms with Gasteiger partial charge < -0.3 is 5.32 Å². The van der Waals surface area contributed by atoms with Crippen molar-refractivity contribution in [1.29, 1.82) is 0 Å². The summed E-state index contributed by atoms with van der Waals surface area (Å²) in [6, 6.07) is 0. The summed E-state index contributed by atoms with van der Waals surface area (Å²) in [7, 11) is 0. The van der Waals surface area contributed by atoms with Gasteiger partial charge in [0.05, 0.1) is 11.0 Å². The quantitative estimate of drug-likeness (QED) is 0.755. The Morgan fingerprint density at radius 2 is 2.54 bits per heavy atom. The molecule has 2 N–H and O–H groups in total. The minimum Gasteiger partial charge on any atom is -0.340 e. The SMILES string of the molecule is C#CCNC(=O)c1n[nH]c(C)c1Br. The van der Waals surface area contributed by atoms with Crippen molar-refractivity contribution in [2.45, 2.75) is 6.92 Å². The van der Waals surface area contributed by atoms with Crippen molar-refractivity contribution in [2.75, 3.05) is 6.54 Å². The second-order valence-electron chi connectivity index (χ2n) is 2.40. The van der Waals surface area contributed by atoms with E-state index in [1.165, 1.54) is 0 Å². The van der Waals surface area contributed by atoms with Crippen molar-refractivity contribution >= 4 is 21.8 Å². The van der Waals surface area contributed by atoms with Crippen LogP contribution >= 0.6 is 15.9 Å². The van der Waals surface area contributed by atoms with Gasteiger partial charge in [-0.25, -0.2) is 0 Å². The molecule has 0 aliphatic heterocycles. The third-order valence-electron chi connectivity index (χ3n) is 1.44. The highest BCUT2D eigenvalue weighted by atomic mass is 79.9. The minimum absolute atomic E-state index is 0.206. The van der Waals surface area contributed by atoms with E-state index >= 15 is 0 Å². The lowest BCUT2D eigenvalue weighted by Crippen LogP contribution is -2.24. The van der Waals surface area contributed by atoms with Crippen molar-refractivity contribution in [3.8, 4) is 12.3 Å². The first-order valence-corrected chi connectivity index (χ1v) is 4.38. The standard InChI is InChI=1S/C8H8BrN3O/c1-3-4-10-8(13)7-6(9)5(2)11-12-7/h1H,4H2,2H3,(H,10,13)(H,11,12). The summed E-state index contributed by atoms with van der Waals surface area (Å²) in [4.78, 5) is 11.3. The van der Waals surface area contributed by atoms with Crippen LogP contribution in [0.15, 0.2) is 4.47 Å². The van der Waals surface area contributed by atoms with E-state index in [9.17, 15) is 4.79 Å². The van der Waals surface area contributed by atoms with Crippen molar-refractivity contribution < 1.29 is 4.79 Å². The van der Waals surface area contributed by atoms with E-state index < -0.39 is 0 Å². The molecule has 13 heavy (non-hydrogen) atoms. The fraction of sp³-hybridized carbons (Fsp3) is 0.250. The third-order valence-corrected chi connectivity index (χ3v) is 2.41. The van der Waals surface area contributed by atoms with Crippen LogP contribution < -0.4 is 5.32 Å². The molecule has 0 saturated carbocycles. The fourth-order valence-corrected chi connectivity index (χ4v) is 1.14. The van der Waals surface area contributed by atoms with Gasteiger partial charge in [0, 0.05) is 5.69 Å². The molecule has 0 spiro atoms. The molecule has 1 amide bonds. The molecule has 0 atom stereocenters. The zero-order valence-corrected chi connectivity index (χ0v) is 8.60. The van der Waals surface area contributed by atoms with E-state index in [1.807, 2.05) is 6.92 Å². The van der Waals surface area contributed by atoms with Crippen LogP contribution in [-0.4, -0.2) is 22.6 Å². The number of hydrogen-bond acceptors (Lipinski definition) is 2. The van der Waals surface area contributed by atoms with E-state index in [-0.39, 0.29) is 12.5 Å². The maximum absolute atomic E-state index is 11.3. The first-order valence-electron chi connectivity index (χ1n) is 3.59. The number of amides is 1. The van der Waals surface area contributed by atoms with Gasteiger partial charge in [0.25, 0.3) is 5.91 Å². The molecule has 0 aromatic carbocycles. The molecular formula is C8H8BrN3O. The maximum atomic E-state index is 11.3. The zero-order valence-electron chi connectivity index (χ0n) is 7.02. The average Bonchev–Trinajstić information content (AvgIpc) is 2.44. The van der Waals surface area contributed by atoms with Crippen molar-refractivity contribution in [3.05, 3.63) is 15.9 Å². The Morgan fingerprint density at radius 3 is 3.00 bits per heavy atom. The number of hydrogen-bond donors (Lipinski definition) is 2. The summed E-state index contributed by atoms with van der Waals surface area (Å²) in [5, 5.41) is 9.02. The summed E-state index contributed by atoms with van der Waals surface area (Å²) in [6.07, 6.45) is 4.99. The summed E-state index contributed by atoms with van der Waals surface area (Å²) in [6.45, 7) is 2.02. The molecule has 0 aliphatic carbocycles. The average molecular weight is 242 g/mol. The van der Waals surface area contributed by atoms with Crippen molar-refractivity contribution in [3.63, 3.8) is 0 Å². The Bertz CT molecular complexity index is 364. The van der Waals surface area contributed by atoms with Gasteiger partial charge >= 0.3 is 0 Å². The first kappa shape index (κ1) is 9.81. The summed E-state index contributed by atoms with van der Waals surface area (Å²) >= 11 is 3.24. The number of rotatable bonds is 2. The Hall–Kier alpha value is -1.28. The summed E-state index contributed by atoms with van der Waals surface area (Å²) < 4.78 is 0.669. The van der Waals surface area contributed by atoms with E-state index in [1.54, 1.807) is 0 Å². The summed E-state index contributed by atoms with van der Waals surface area (Å²) in [5.74, 6) is 2.03. The number of aromatic nitrogens is 2. The molecule has 0 fully saturated rings. The van der Waals surface area contributed by atoms with Crippen molar-refractivity contribution in [2.24, 2.45) is 0 Å². The Morgan fingerprint density at radius 1 is 1.85 bits per heavy atom. The van der Waals surface area contributed by atoms with Crippen LogP contribution in [0, 0.1) is 19.3 Å². The number of carbonyl (C=O) groups excluding carboxylic acids is 1. The smallest absolute Gasteiger partial charge is 0.273 e. The monoisotopic (exact) mass is 241 g/mol. The van der Waals surface area contributed by atoms with Crippen LogP contribution in [0.4, 0.5) is 0 Å². The topological polar surface area (TPSA) is 57.8 Å². The van der Waals surface area contributed by atoms with Gasteiger partial charge in [0.1, 0.15) is 0 Å². The molecule has 0 unspecified atom stereocenters. The number of carbonyl (C=O) groups is 1. The van der Waals surface area contributed by atoms with Gasteiger partial charge in [-0.2, -0.15) is 5.10 Å². The molecule has 1 aromatic heterocycles. The Labute approximate surface area is 84.2 Å². The molecule has 0 radical (unpaired) electrons. The third kappa shape index (κ3) is 2.10. The van der Waals surface area contributed by atoms with E-state index in [0.717, 1.165) is 5.69 Å². The highest BCUT2D eigenvalue weighted by Crippen LogP contribution is 2.17. The van der Waals surface area contributed by atoms with Gasteiger partial charge in [0.2, 0.25) is 0 Å².